The van der Waals surface area contributed by atoms with Gasteiger partial charge >= 0.3 is 0 Å². The van der Waals surface area contributed by atoms with Crippen LogP contribution >= 0.6 is 0 Å². The maximum atomic E-state index is 9.64. The van der Waals surface area contributed by atoms with Crippen molar-refractivity contribution in [2.45, 2.75) is 26.2 Å². The van der Waals surface area contributed by atoms with Crippen LogP contribution in [0.5, 0.6) is 0 Å². The molecule has 1 radical (unpaired) electrons. The second-order valence-electron chi connectivity index (χ2n) is 11.2. The Hall–Kier alpha value is -4.88. The minimum atomic E-state index is 0. The van der Waals surface area contributed by atoms with Crippen LogP contribution in [0.15, 0.2) is 126 Å². The third kappa shape index (κ3) is 6.24. The number of furan rings is 1. The Morgan fingerprint density at radius 2 is 1.39 bits per heavy atom. The molecule has 4 aromatic carbocycles. The minimum Gasteiger partial charge on any atom is -0.500 e. The van der Waals surface area contributed by atoms with E-state index in [4.69, 9.17) is 4.42 Å². The van der Waals surface area contributed by atoms with E-state index in [0.29, 0.717) is 11.1 Å². The number of pyridine rings is 2. The molecule has 0 unspecified atom stereocenters. The summed E-state index contributed by atoms with van der Waals surface area (Å²) in [5.41, 5.74) is 8.95. The van der Waals surface area contributed by atoms with Gasteiger partial charge in [0.05, 0.1) is 17.2 Å². The molecule has 0 aliphatic heterocycles. The molecule has 0 aliphatic rings. The van der Waals surface area contributed by atoms with Gasteiger partial charge in [0.15, 0.2) is 0 Å². The zero-order valence-electron chi connectivity index (χ0n) is 24.6. The summed E-state index contributed by atoms with van der Waals surface area (Å²) < 4.78 is 6.34. The van der Waals surface area contributed by atoms with Crippen molar-refractivity contribution in [1.29, 1.82) is 5.26 Å². The molecule has 0 fully saturated rings. The van der Waals surface area contributed by atoms with Gasteiger partial charge in [0.1, 0.15) is 5.58 Å². The number of benzene rings is 4. The Morgan fingerprint density at radius 1 is 0.705 bits per heavy atom. The normalized spacial score (nSPS) is 10.9. The molecule has 0 aliphatic carbocycles. The van der Waals surface area contributed by atoms with Crippen LogP contribution in [0.25, 0.3) is 55.6 Å². The first-order chi connectivity index (χ1) is 20.9. The topological polar surface area (TPSA) is 62.7 Å². The van der Waals surface area contributed by atoms with Gasteiger partial charge in [-0.1, -0.05) is 92.4 Å². The van der Waals surface area contributed by atoms with E-state index in [-0.39, 0.29) is 25.5 Å². The molecule has 44 heavy (non-hydrogen) atoms. The molecule has 3 aromatic heterocycles. The van der Waals surface area contributed by atoms with Crippen molar-refractivity contribution in [3.8, 4) is 39.7 Å². The maximum absolute atomic E-state index is 9.64. The van der Waals surface area contributed by atoms with E-state index >= 15 is 0 Å². The Bertz CT molecular complexity index is 2040. The molecule has 7 rings (SSSR count). The number of fused-ring (bicyclic) bond motifs is 3. The Labute approximate surface area is 271 Å². The molecule has 0 saturated carbocycles. The van der Waals surface area contributed by atoms with E-state index in [9.17, 15) is 5.26 Å². The average Bonchev–Trinajstić information content (AvgIpc) is 3.44. The van der Waals surface area contributed by atoms with Gasteiger partial charge in [0, 0.05) is 43.4 Å². The average molecular weight is 748 g/mol. The second-order valence-corrected chi connectivity index (χ2v) is 11.2. The summed E-state index contributed by atoms with van der Waals surface area (Å²) in [5, 5.41) is 11.6. The van der Waals surface area contributed by atoms with E-state index in [2.05, 4.69) is 67.1 Å². The summed E-state index contributed by atoms with van der Waals surface area (Å²) in [4.78, 5) is 8.75. The summed E-state index contributed by atoms with van der Waals surface area (Å²) in [5.74, 6) is 0. The predicted octanol–water partition coefficient (Wildman–Crippen LogP) is 9.83. The fourth-order valence-corrected chi connectivity index (χ4v) is 5.06. The van der Waals surface area contributed by atoms with Gasteiger partial charge < -0.3 is 14.4 Å². The molecule has 0 saturated heterocycles. The zero-order chi connectivity index (χ0) is 29.8. The Kier molecular flexibility index (Phi) is 9.16. The molecular formula is C39H29IrN3O-2. The van der Waals surface area contributed by atoms with Gasteiger partial charge in [-0.15, -0.1) is 53.6 Å². The van der Waals surface area contributed by atoms with E-state index in [1.54, 1.807) is 12.4 Å². The van der Waals surface area contributed by atoms with E-state index < -0.39 is 0 Å². The van der Waals surface area contributed by atoms with Gasteiger partial charge in [-0.2, -0.15) is 5.26 Å². The minimum absolute atomic E-state index is 0. The number of aromatic nitrogens is 2. The van der Waals surface area contributed by atoms with Crippen LogP contribution < -0.4 is 0 Å². The van der Waals surface area contributed by atoms with Crippen molar-refractivity contribution in [1.82, 2.24) is 9.97 Å². The van der Waals surface area contributed by atoms with Gasteiger partial charge in [0.2, 0.25) is 0 Å². The fourth-order valence-electron chi connectivity index (χ4n) is 5.06. The number of nitriles is 1. The van der Waals surface area contributed by atoms with E-state index in [0.717, 1.165) is 50.0 Å². The van der Waals surface area contributed by atoms with Crippen molar-refractivity contribution in [3.63, 3.8) is 0 Å². The molecule has 0 bridgehead atoms. The maximum Gasteiger partial charge on any atom is 0.130 e. The molecule has 5 heteroatoms. The molecule has 7 aromatic rings. The van der Waals surface area contributed by atoms with Crippen molar-refractivity contribution in [3.05, 3.63) is 145 Å². The summed E-state index contributed by atoms with van der Waals surface area (Å²) in [6.45, 7) is 6.61. The van der Waals surface area contributed by atoms with Gasteiger partial charge in [-0.3, -0.25) is 0 Å². The van der Waals surface area contributed by atoms with Gasteiger partial charge in [-0.05, 0) is 40.6 Å². The van der Waals surface area contributed by atoms with Crippen LogP contribution in [0, 0.1) is 23.5 Å². The third-order valence-corrected chi connectivity index (χ3v) is 7.32. The molecule has 0 amide bonds. The van der Waals surface area contributed by atoms with Crippen molar-refractivity contribution in [2.75, 3.05) is 0 Å². The summed E-state index contributed by atoms with van der Waals surface area (Å²) in [6, 6.07) is 44.4. The Balaban J connectivity index is 0.000000194. The number of hydrogen-bond acceptors (Lipinski definition) is 4. The third-order valence-electron chi connectivity index (χ3n) is 7.32. The Morgan fingerprint density at radius 3 is 2.00 bits per heavy atom. The number of nitrogens with zero attached hydrogens (tertiary/aromatic N) is 3. The molecule has 217 valence electrons. The first-order valence-electron chi connectivity index (χ1n) is 14.1. The van der Waals surface area contributed by atoms with Crippen LogP contribution in [0.3, 0.4) is 0 Å². The molecule has 4 nitrogen and oxygen atoms in total. The van der Waals surface area contributed by atoms with Gasteiger partial charge in [-0.25, -0.2) is 0 Å². The van der Waals surface area contributed by atoms with E-state index in [1.165, 1.54) is 5.56 Å². The smallest absolute Gasteiger partial charge is 0.130 e. The second kappa shape index (κ2) is 13.2. The standard InChI is InChI=1S/C24H13N2O.C15H16N.Ir/c25-15-17-12-13-19-18-9-6-10-20(21-11-4-5-14-26-21)23(18)27-24(19)22(17)16-7-2-1-3-8-16;1-15(2,3)13-9-7-12(8-10-13)14-6-4-5-11-16-14;/h1-9,11-14H;4-7,9-11H,1-3H3;/q2*-1;. The molecule has 0 spiro atoms. The van der Waals surface area contributed by atoms with Crippen LogP contribution in [0.2, 0.25) is 0 Å². The molecule has 0 N–H and O–H groups in total. The van der Waals surface area contributed by atoms with Crippen LogP contribution in [-0.4, -0.2) is 9.97 Å². The quantitative estimate of drug-likeness (QED) is 0.169. The summed E-state index contributed by atoms with van der Waals surface area (Å²) in [7, 11) is 0. The predicted molar refractivity (Wildman–Crippen MR) is 173 cm³/mol. The van der Waals surface area contributed by atoms with Gasteiger partial charge in [0.25, 0.3) is 0 Å². The molecule has 3 heterocycles. The fraction of sp³-hybridized carbons (Fsp3) is 0.103. The van der Waals surface area contributed by atoms with Crippen LogP contribution in [0.4, 0.5) is 0 Å². The first kappa shape index (κ1) is 30.6. The van der Waals surface area contributed by atoms with Crippen molar-refractivity contribution >= 4 is 21.9 Å². The molecular weight excluding hydrogens is 719 g/mol. The van der Waals surface area contributed by atoms with Crippen LogP contribution in [0.1, 0.15) is 31.9 Å². The van der Waals surface area contributed by atoms with Crippen LogP contribution in [-0.2, 0) is 25.5 Å². The monoisotopic (exact) mass is 748 g/mol. The number of rotatable bonds is 3. The summed E-state index contributed by atoms with van der Waals surface area (Å²) >= 11 is 0. The SMILES string of the molecule is CC(C)(C)c1c[c-]c(-c2ccccn2)cc1.N#Cc1ccc2c(oc3c(-c4ccccn4)[c-]ccc32)c1-c1ccccc1.[Ir]. The largest absolute Gasteiger partial charge is 0.500 e. The summed E-state index contributed by atoms with van der Waals surface area (Å²) in [6.07, 6.45) is 3.56. The van der Waals surface area contributed by atoms with Crippen molar-refractivity contribution < 1.29 is 24.5 Å². The van der Waals surface area contributed by atoms with E-state index in [1.807, 2.05) is 91.0 Å². The first-order valence-corrected chi connectivity index (χ1v) is 14.1. The number of hydrogen-bond donors (Lipinski definition) is 0. The molecule has 0 atom stereocenters. The zero-order valence-corrected chi connectivity index (χ0v) is 27.0. The van der Waals surface area contributed by atoms with Crippen molar-refractivity contribution in [2.24, 2.45) is 0 Å².